The Balaban J connectivity index is 1.76. The molecule has 0 N–H and O–H groups in total. The lowest BCUT2D eigenvalue weighted by Crippen LogP contribution is -2.42. The summed E-state index contributed by atoms with van der Waals surface area (Å²) < 4.78 is 11.2. The number of aryl methyl sites for hydroxylation is 1. The molecule has 24 heavy (non-hydrogen) atoms. The molecule has 0 aromatic heterocycles. The molecule has 2 aromatic rings. The van der Waals surface area contributed by atoms with E-state index in [-0.39, 0.29) is 12.0 Å². The van der Waals surface area contributed by atoms with Crippen LogP contribution in [0.2, 0.25) is 0 Å². The predicted octanol–water partition coefficient (Wildman–Crippen LogP) is 3.47. The monoisotopic (exact) mass is 325 g/mol. The third-order valence-electron chi connectivity index (χ3n) is 4.45. The first-order chi connectivity index (χ1) is 11.7. The molecule has 126 valence electrons. The smallest absolute Gasteiger partial charge is 0.257 e. The van der Waals surface area contributed by atoms with Gasteiger partial charge in [0.25, 0.3) is 5.91 Å². The molecule has 1 heterocycles. The number of carbonyl (C=O) groups excluding carboxylic acids is 1. The quantitative estimate of drug-likeness (QED) is 0.864. The Labute approximate surface area is 143 Å². The van der Waals surface area contributed by atoms with Crippen molar-refractivity contribution in [3.05, 3.63) is 65.2 Å². The van der Waals surface area contributed by atoms with Gasteiger partial charge >= 0.3 is 0 Å². The average Bonchev–Trinajstić information content (AvgIpc) is 2.67. The molecule has 1 aliphatic heterocycles. The lowest BCUT2D eigenvalue weighted by Gasteiger charge is -2.33. The second-order valence-corrected chi connectivity index (χ2v) is 5.91. The molecule has 1 atom stereocenters. The molecule has 0 bridgehead atoms. The summed E-state index contributed by atoms with van der Waals surface area (Å²) in [5, 5.41) is 0. The van der Waals surface area contributed by atoms with Gasteiger partial charge in [0.05, 0.1) is 25.8 Å². The number of ether oxygens (including phenoxy) is 2. The molecule has 0 spiro atoms. The second-order valence-electron chi connectivity index (χ2n) is 5.91. The Hall–Kier alpha value is -2.33. The molecule has 0 saturated carbocycles. The maximum absolute atomic E-state index is 12.8. The molecule has 4 heteroatoms. The number of benzene rings is 2. The highest BCUT2D eigenvalue weighted by Gasteiger charge is 2.27. The van der Waals surface area contributed by atoms with Crippen LogP contribution in [0.1, 0.15) is 34.5 Å². The third-order valence-corrected chi connectivity index (χ3v) is 4.45. The maximum Gasteiger partial charge on any atom is 0.257 e. The predicted molar refractivity (Wildman–Crippen MR) is 93.4 cm³/mol. The lowest BCUT2D eigenvalue weighted by atomic mass is 10.0. The van der Waals surface area contributed by atoms with Crippen LogP contribution in [0.3, 0.4) is 0 Å². The summed E-state index contributed by atoms with van der Waals surface area (Å²) in [6, 6.07) is 15.8. The molecule has 2 aromatic carbocycles. The molecule has 0 aliphatic carbocycles. The highest BCUT2D eigenvalue weighted by atomic mass is 16.5. The minimum Gasteiger partial charge on any atom is -0.496 e. The number of rotatable bonds is 4. The summed E-state index contributed by atoms with van der Waals surface area (Å²) in [7, 11) is 1.59. The molecule has 0 radical (unpaired) electrons. The fraction of sp³-hybridized carbons (Fsp3) is 0.350. The van der Waals surface area contributed by atoms with Gasteiger partial charge in [0.2, 0.25) is 0 Å². The summed E-state index contributed by atoms with van der Waals surface area (Å²) in [6.45, 7) is 3.84. The van der Waals surface area contributed by atoms with Gasteiger partial charge in [0.15, 0.2) is 0 Å². The fourth-order valence-electron chi connectivity index (χ4n) is 3.00. The number of para-hydroxylation sites is 1. The number of morpholine rings is 1. The fourth-order valence-corrected chi connectivity index (χ4v) is 3.00. The molecule has 1 saturated heterocycles. The summed E-state index contributed by atoms with van der Waals surface area (Å²) in [6.07, 6.45) is 0.938. The van der Waals surface area contributed by atoms with Crippen molar-refractivity contribution in [3.8, 4) is 5.75 Å². The molecule has 1 aliphatic rings. The van der Waals surface area contributed by atoms with Crippen LogP contribution < -0.4 is 4.74 Å². The van der Waals surface area contributed by atoms with Gasteiger partial charge in [-0.05, 0) is 29.7 Å². The first-order valence-electron chi connectivity index (χ1n) is 8.35. The molecule has 1 unspecified atom stereocenters. The maximum atomic E-state index is 12.8. The zero-order valence-corrected chi connectivity index (χ0v) is 14.2. The Morgan fingerprint density at radius 1 is 1.21 bits per heavy atom. The number of carbonyl (C=O) groups is 1. The van der Waals surface area contributed by atoms with Gasteiger partial charge in [0, 0.05) is 6.54 Å². The Morgan fingerprint density at radius 2 is 1.96 bits per heavy atom. The minimum absolute atomic E-state index is 0.00840. The summed E-state index contributed by atoms with van der Waals surface area (Å²) >= 11 is 0. The van der Waals surface area contributed by atoms with Crippen molar-refractivity contribution in [3.63, 3.8) is 0 Å². The summed E-state index contributed by atoms with van der Waals surface area (Å²) in [4.78, 5) is 14.7. The van der Waals surface area contributed by atoms with Gasteiger partial charge in [-0.3, -0.25) is 4.79 Å². The van der Waals surface area contributed by atoms with Gasteiger partial charge in [-0.2, -0.15) is 0 Å². The zero-order chi connectivity index (χ0) is 16.9. The number of nitrogens with zero attached hydrogens (tertiary/aromatic N) is 1. The van der Waals surface area contributed by atoms with E-state index in [2.05, 4.69) is 31.2 Å². The second kappa shape index (κ2) is 7.49. The Morgan fingerprint density at radius 3 is 2.67 bits per heavy atom. The Bertz CT molecular complexity index is 696. The molecule has 4 nitrogen and oxygen atoms in total. The van der Waals surface area contributed by atoms with Crippen LogP contribution in [0.4, 0.5) is 0 Å². The van der Waals surface area contributed by atoms with E-state index >= 15 is 0 Å². The van der Waals surface area contributed by atoms with Crippen LogP contribution in [0.5, 0.6) is 5.75 Å². The first kappa shape index (κ1) is 16.5. The highest BCUT2D eigenvalue weighted by molar-refractivity contribution is 5.97. The van der Waals surface area contributed by atoms with Crippen molar-refractivity contribution < 1.29 is 14.3 Å². The van der Waals surface area contributed by atoms with Crippen LogP contribution in [0, 0.1) is 0 Å². The summed E-state index contributed by atoms with van der Waals surface area (Å²) in [5.74, 6) is 0.601. The standard InChI is InChI=1S/C20H23NO3/c1-3-15-8-10-16(11-9-15)19-14-21(12-13-24-19)20(22)17-6-4-5-7-18(17)23-2/h4-11,19H,3,12-14H2,1-2H3. The normalized spacial score (nSPS) is 17.6. The van der Waals surface area contributed by atoms with Gasteiger partial charge in [-0.25, -0.2) is 0 Å². The van der Waals surface area contributed by atoms with Crippen molar-refractivity contribution in [2.75, 3.05) is 26.8 Å². The van der Waals surface area contributed by atoms with E-state index in [1.165, 1.54) is 5.56 Å². The van der Waals surface area contributed by atoms with Crippen molar-refractivity contribution in [1.29, 1.82) is 0 Å². The van der Waals surface area contributed by atoms with E-state index in [9.17, 15) is 4.79 Å². The van der Waals surface area contributed by atoms with E-state index in [0.29, 0.717) is 31.0 Å². The minimum atomic E-state index is -0.0803. The number of amides is 1. The van der Waals surface area contributed by atoms with Crippen molar-refractivity contribution in [2.45, 2.75) is 19.4 Å². The summed E-state index contributed by atoms with van der Waals surface area (Å²) in [5.41, 5.74) is 3.02. The van der Waals surface area contributed by atoms with Crippen molar-refractivity contribution >= 4 is 5.91 Å². The van der Waals surface area contributed by atoms with Crippen LogP contribution in [0.25, 0.3) is 0 Å². The molecular formula is C20H23NO3. The van der Waals surface area contributed by atoms with Gasteiger partial charge in [-0.15, -0.1) is 0 Å². The highest BCUT2D eigenvalue weighted by Crippen LogP contribution is 2.26. The average molecular weight is 325 g/mol. The van der Waals surface area contributed by atoms with E-state index in [1.807, 2.05) is 29.2 Å². The Kier molecular flexibility index (Phi) is 5.16. The van der Waals surface area contributed by atoms with Crippen LogP contribution in [-0.4, -0.2) is 37.6 Å². The van der Waals surface area contributed by atoms with Gasteiger partial charge in [-0.1, -0.05) is 43.3 Å². The lowest BCUT2D eigenvalue weighted by molar-refractivity contribution is -0.0229. The molecular weight excluding hydrogens is 302 g/mol. The SMILES string of the molecule is CCc1ccc(C2CN(C(=O)c3ccccc3OC)CCO2)cc1. The number of hydrogen-bond donors (Lipinski definition) is 0. The topological polar surface area (TPSA) is 38.8 Å². The van der Waals surface area contributed by atoms with E-state index in [0.717, 1.165) is 12.0 Å². The largest absolute Gasteiger partial charge is 0.496 e. The van der Waals surface area contributed by atoms with E-state index in [4.69, 9.17) is 9.47 Å². The molecule has 3 rings (SSSR count). The van der Waals surface area contributed by atoms with E-state index in [1.54, 1.807) is 7.11 Å². The zero-order valence-electron chi connectivity index (χ0n) is 14.2. The first-order valence-corrected chi connectivity index (χ1v) is 8.35. The van der Waals surface area contributed by atoms with Gasteiger partial charge in [0.1, 0.15) is 11.9 Å². The molecule has 1 amide bonds. The van der Waals surface area contributed by atoms with E-state index < -0.39 is 0 Å². The number of methoxy groups -OCH3 is 1. The van der Waals surface area contributed by atoms with Crippen molar-refractivity contribution in [2.24, 2.45) is 0 Å². The number of hydrogen-bond acceptors (Lipinski definition) is 3. The van der Waals surface area contributed by atoms with Crippen LogP contribution in [0.15, 0.2) is 48.5 Å². The third kappa shape index (κ3) is 3.44. The van der Waals surface area contributed by atoms with Crippen LogP contribution in [-0.2, 0) is 11.2 Å². The van der Waals surface area contributed by atoms with Crippen LogP contribution >= 0.6 is 0 Å². The van der Waals surface area contributed by atoms with Crippen molar-refractivity contribution in [1.82, 2.24) is 4.90 Å². The van der Waals surface area contributed by atoms with Gasteiger partial charge < -0.3 is 14.4 Å². The molecule has 1 fully saturated rings.